The van der Waals surface area contributed by atoms with Crippen molar-refractivity contribution >= 4 is 17.3 Å². The maximum absolute atomic E-state index is 11.8. The van der Waals surface area contributed by atoms with Crippen LogP contribution in [0.15, 0.2) is 6.33 Å². The largest absolute Gasteiger partial charge is 0.363 e. The molecule has 2 aliphatic rings. The first-order valence-corrected chi connectivity index (χ1v) is 9.93. The monoisotopic (exact) mass is 377 g/mol. The Hall–Kier alpha value is -2.00. The van der Waals surface area contributed by atoms with Gasteiger partial charge in [0.15, 0.2) is 0 Å². The Kier molecular flexibility index (Phi) is 6.78. The summed E-state index contributed by atoms with van der Waals surface area (Å²) in [5, 5.41) is 15.0. The molecule has 9 heteroatoms. The Labute approximate surface area is 160 Å². The minimum Gasteiger partial charge on any atom is -0.363 e. The van der Waals surface area contributed by atoms with Gasteiger partial charge in [-0.15, -0.1) is 0 Å². The Bertz CT molecular complexity index is 628. The standard InChI is InChI=1S/C18H31N7O2/c1-22-11-6-15(7-12-22)23(2)18-16(25(26)27)17(20-14-21-18)19-8-13-24-9-4-3-5-10-24/h14-15H,3-13H2,1-2H3,(H,19,20,21). The van der Waals surface area contributed by atoms with Crippen molar-refractivity contribution in [2.75, 3.05) is 63.6 Å². The Morgan fingerprint density at radius 1 is 1.22 bits per heavy atom. The molecule has 3 rings (SSSR count). The molecule has 27 heavy (non-hydrogen) atoms. The van der Waals surface area contributed by atoms with Crippen molar-refractivity contribution in [3.63, 3.8) is 0 Å². The van der Waals surface area contributed by atoms with Crippen LogP contribution in [0, 0.1) is 10.1 Å². The summed E-state index contributed by atoms with van der Waals surface area (Å²) in [6, 6.07) is 0.260. The molecule has 0 aromatic carbocycles. The molecule has 3 heterocycles. The second-order valence-corrected chi connectivity index (χ2v) is 7.63. The van der Waals surface area contributed by atoms with E-state index in [2.05, 4.69) is 32.1 Å². The molecule has 0 saturated carbocycles. The van der Waals surface area contributed by atoms with Crippen molar-refractivity contribution in [1.82, 2.24) is 19.8 Å². The van der Waals surface area contributed by atoms with Gasteiger partial charge in [0, 0.05) is 26.2 Å². The molecule has 0 unspecified atom stereocenters. The fourth-order valence-corrected chi connectivity index (χ4v) is 4.00. The Morgan fingerprint density at radius 2 is 1.93 bits per heavy atom. The van der Waals surface area contributed by atoms with Gasteiger partial charge in [0.25, 0.3) is 0 Å². The summed E-state index contributed by atoms with van der Waals surface area (Å²) in [5.41, 5.74) is -0.0161. The molecule has 0 atom stereocenters. The second kappa shape index (κ2) is 9.27. The first-order valence-electron chi connectivity index (χ1n) is 9.93. The quantitative estimate of drug-likeness (QED) is 0.568. The molecule has 150 valence electrons. The maximum atomic E-state index is 11.8. The molecular formula is C18H31N7O2. The van der Waals surface area contributed by atoms with Crippen LogP contribution in [0.25, 0.3) is 0 Å². The molecule has 1 N–H and O–H groups in total. The fraction of sp³-hybridized carbons (Fsp3) is 0.778. The molecule has 0 spiro atoms. The van der Waals surface area contributed by atoms with Crippen LogP contribution in [-0.2, 0) is 0 Å². The normalized spacial score (nSPS) is 19.8. The molecule has 1 aromatic rings. The van der Waals surface area contributed by atoms with Crippen LogP contribution in [0.1, 0.15) is 32.1 Å². The van der Waals surface area contributed by atoms with E-state index in [9.17, 15) is 10.1 Å². The number of hydrogen-bond donors (Lipinski definition) is 1. The topological polar surface area (TPSA) is 90.7 Å². The van der Waals surface area contributed by atoms with Gasteiger partial charge in [-0.2, -0.15) is 0 Å². The maximum Gasteiger partial charge on any atom is 0.353 e. The van der Waals surface area contributed by atoms with E-state index in [4.69, 9.17) is 0 Å². The zero-order valence-electron chi connectivity index (χ0n) is 16.4. The highest BCUT2D eigenvalue weighted by molar-refractivity contribution is 5.70. The van der Waals surface area contributed by atoms with Gasteiger partial charge in [0.1, 0.15) is 6.33 Å². The van der Waals surface area contributed by atoms with Crippen molar-refractivity contribution in [2.45, 2.75) is 38.1 Å². The van der Waals surface area contributed by atoms with E-state index in [1.165, 1.54) is 25.6 Å². The minimum absolute atomic E-state index is 0.0161. The van der Waals surface area contributed by atoms with Crippen LogP contribution < -0.4 is 10.2 Å². The highest BCUT2D eigenvalue weighted by Crippen LogP contribution is 2.33. The Morgan fingerprint density at radius 3 is 2.59 bits per heavy atom. The predicted octanol–water partition coefficient (Wildman–Crippen LogP) is 1.81. The van der Waals surface area contributed by atoms with Crippen LogP contribution in [0.3, 0.4) is 0 Å². The van der Waals surface area contributed by atoms with E-state index in [-0.39, 0.29) is 16.7 Å². The zero-order chi connectivity index (χ0) is 19.2. The number of anilines is 2. The average molecular weight is 377 g/mol. The summed E-state index contributed by atoms with van der Waals surface area (Å²) in [5.74, 6) is 0.729. The van der Waals surface area contributed by atoms with Gasteiger partial charge in [-0.25, -0.2) is 9.97 Å². The highest BCUT2D eigenvalue weighted by atomic mass is 16.6. The first-order chi connectivity index (χ1) is 13.1. The number of rotatable bonds is 7. The van der Waals surface area contributed by atoms with Crippen LogP contribution in [0.2, 0.25) is 0 Å². The van der Waals surface area contributed by atoms with E-state index in [1.807, 2.05) is 11.9 Å². The summed E-state index contributed by atoms with van der Waals surface area (Å²) in [6.45, 7) is 5.73. The van der Waals surface area contributed by atoms with Crippen molar-refractivity contribution in [1.29, 1.82) is 0 Å². The van der Waals surface area contributed by atoms with Crippen molar-refractivity contribution in [3.8, 4) is 0 Å². The van der Waals surface area contributed by atoms with Gasteiger partial charge >= 0.3 is 5.69 Å². The lowest BCUT2D eigenvalue weighted by atomic mass is 10.0. The van der Waals surface area contributed by atoms with E-state index >= 15 is 0 Å². The van der Waals surface area contributed by atoms with Gasteiger partial charge in [-0.3, -0.25) is 10.1 Å². The van der Waals surface area contributed by atoms with E-state index in [1.54, 1.807) is 0 Å². The van der Waals surface area contributed by atoms with E-state index < -0.39 is 0 Å². The third kappa shape index (κ3) is 5.04. The molecule has 1 aromatic heterocycles. The summed E-state index contributed by atoms with van der Waals surface area (Å²) < 4.78 is 0. The fourth-order valence-electron chi connectivity index (χ4n) is 4.00. The summed E-state index contributed by atoms with van der Waals surface area (Å²) in [4.78, 5) is 26.5. The molecule has 0 amide bonds. The van der Waals surface area contributed by atoms with Gasteiger partial charge in [0.05, 0.1) is 4.92 Å². The molecule has 2 aliphatic heterocycles. The lowest BCUT2D eigenvalue weighted by molar-refractivity contribution is -0.383. The summed E-state index contributed by atoms with van der Waals surface area (Å²) in [6.07, 6.45) is 7.15. The third-order valence-corrected chi connectivity index (χ3v) is 5.72. The molecule has 0 aliphatic carbocycles. The molecular weight excluding hydrogens is 346 g/mol. The number of likely N-dealkylation sites (tertiary alicyclic amines) is 2. The number of nitro groups is 1. The highest BCUT2D eigenvalue weighted by Gasteiger charge is 2.30. The summed E-state index contributed by atoms with van der Waals surface area (Å²) >= 11 is 0. The number of piperidine rings is 2. The SMILES string of the molecule is CN1CCC(N(C)c2ncnc(NCCN3CCCCC3)c2[N+](=O)[O-])CC1. The van der Waals surface area contributed by atoms with Gasteiger partial charge in [-0.1, -0.05) is 6.42 Å². The van der Waals surface area contributed by atoms with E-state index in [0.29, 0.717) is 18.2 Å². The number of nitrogens with zero attached hydrogens (tertiary/aromatic N) is 6. The van der Waals surface area contributed by atoms with E-state index in [0.717, 1.165) is 45.6 Å². The third-order valence-electron chi connectivity index (χ3n) is 5.72. The zero-order valence-corrected chi connectivity index (χ0v) is 16.4. The molecule has 0 radical (unpaired) electrons. The lowest BCUT2D eigenvalue weighted by Gasteiger charge is -2.35. The summed E-state index contributed by atoms with van der Waals surface area (Å²) in [7, 11) is 4.01. The molecule has 2 fully saturated rings. The predicted molar refractivity (Wildman–Crippen MR) is 106 cm³/mol. The van der Waals surface area contributed by atoms with Crippen LogP contribution in [0.5, 0.6) is 0 Å². The van der Waals surface area contributed by atoms with Gasteiger partial charge < -0.3 is 20.0 Å². The average Bonchev–Trinajstić information content (AvgIpc) is 2.68. The molecule has 9 nitrogen and oxygen atoms in total. The number of aromatic nitrogens is 2. The number of nitrogens with one attached hydrogen (secondary N) is 1. The number of hydrogen-bond acceptors (Lipinski definition) is 8. The molecule has 0 bridgehead atoms. The van der Waals surface area contributed by atoms with Crippen molar-refractivity contribution < 1.29 is 4.92 Å². The van der Waals surface area contributed by atoms with Crippen LogP contribution >= 0.6 is 0 Å². The van der Waals surface area contributed by atoms with Crippen molar-refractivity contribution in [2.24, 2.45) is 0 Å². The first kappa shape index (κ1) is 19.8. The molecule has 2 saturated heterocycles. The smallest absolute Gasteiger partial charge is 0.353 e. The van der Waals surface area contributed by atoms with Gasteiger partial charge in [0.2, 0.25) is 11.6 Å². The van der Waals surface area contributed by atoms with Gasteiger partial charge in [-0.05, 0) is 58.9 Å². The Balaban J connectivity index is 1.69. The van der Waals surface area contributed by atoms with Crippen molar-refractivity contribution in [3.05, 3.63) is 16.4 Å². The minimum atomic E-state index is -0.357. The van der Waals surface area contributed by atoms with Crippen LogP contribution in [-0.4, -0.2) is 84.1 Å². The van der Waals surface area contributed by atoms with Crippen LogP contribution in [0.4, 0.5) is 17.3 Å². The second-order valence-electron chi connectivity index (χ2n) is 7.63. The lowest BCUT2D eigenvalue weighted by Crippen LogP contribution is -2.42.